The van der Waals surface area contributed by atoms with Gasteiger partial charge in [-0.15, -0.1) is 0 Å². The lowest BCUT2D eigenvalue weighted by Gasteiger charge is -2.36. The van der Waals surface area contributed by atoms with Gasteiger partial charge in [-0.25, -0.2) is 4.39 Å². The van der Waals surface area contributed by atoms with Gasteiger partial charge in [0.15, 0.2) is 0 Å². The van der Waals surface area contributed by atoms with Crippen LogP contribution in [0.4, 0.5) is 10.1 Å². The standard InChI is InChI=1S/C19H20ClFN2O2/c1-2-25-18-8-3-14(13-17(18)20)19(24)23-11-9-22(10-12-23)16-6-4-15(21)5-7-16/h3-8,13H,2,9-12H2,1H3. The molecule has 0 aliphatic carbocycles. The first-order chi connectivity index (χ1) is 12.1. The molecule has 4 nitrogen and oxygen atoms in total. The molecule has 132 valence electrons. The third-order valence-corrected chi connectivity index (χ3v) is 4.53. The summed E-state index contributed by atoms with van der Waals surface area (Å²) in [5.74, 6) is 0.301. The van der Waals surface area contributed by atoms with Crippen molar-refractivity contribution in [3.8, 4) is 5.75 Å². The maximum absolute atomic E-state index is 13.0. The Bertz CT molecular complexity index is 744. The molecule has 1 aliphatic rings. The molecular weight excluding hydrogens is 343 g/mol. The molecule has 1 amide bonds. The molecule has 2 aromatic carbocycles. The van der Waals surface area contributed by atoms with E-state index in [1.54, 1.807) is 30.3 Å². The van der Waals surface area contributed by atoms with Gasteiger partial charge in [0, 0.05) is 37.4 Å². The Morgan fingerprint density at radius 3 is 2.40 bits per heavy atom. The summed E-state index contributed by atoms with van der Waals surface area (Å²) >= 11 is 6.17. The zero-order valence-corrected chi connectivity index (χ0v) is 14.8. The molecule has 0 unspecified atom stereocenters. The number of carbonyl (C=O) groups is 1. The molecule has 0 spiro atoms. The molecule has 0 aromatic heterocycles. The number of ether oxygens (including phenoxy) is 1. The van der Waals surface area contributed by atoms with Crippen LogP contribution in [0.2, 0.25) is 5.02 Å². The number of hydrogen-bond donors (Lipinski definition) is 0. The molecular formula is C19H20ClFN2O2. The summed E-state index contributed by atoms with van der Waals surface area (Å²) < 4.78 is 18.4. The highest BCUT2D eigenvalue weighted by molar-refractivity contribution is 6.32. The number of carbonyl (C=O) groups excluding carboxylic acids is 1. The minimum absolute atomic E-state index is 0.0382. The fourth-order valence-electron chi connectivity index (χ4n) is 2.91. The van der Waals surface area contributed by atoms with Crippen LogP contribution in [-0.2, 0) is 0 Å². The van der Waals surface area contributed by atoms with Crippen molar-refractivity contribution in [2.45, 2.75) is 6.92 Å². The van der Waals surface area contributed by atoms with Crippen molar-refractivity contribution >= 4 is 23.2 Å². The van der Waals surface area contributed by atoms with Crippen LogP contribution < -0.4 is 9.64 Å². The van der Waals surface area contributed by atoms with Crippen LogP contribution in [0.5, 0.6) is 5.75 Å². The topological polar surface area (TPSA) is 32.8 Å². The van der Waals surface area contributed by atoms with Gasteiger partial charge in [0.25, 0.3) is 5.91 Å². The number of nitrogens with zero attached hydrogens (tertiary/aromatic N) is 2. The van der Waals surface area contributed by atoms with Crippen molar-refractivity contribution in [2.75, 3.05) is 37.7 Å². The summed E-state index contributed by atoms with van der Waals surface area (Å²) in [6.45, 7) is 5.06. The number of hydrogen-bond acceptors (Lipinski definition) is 3. The number of anilines is 1. The second-order valence-electron chi connectivity index (χ2n) is 5.83. The minimum atomic E-state index is -0.245. The van der Waals surface area contributed by atoms with Crippen LogP contribution in [0.25, 0.3) is 0 Å². The van der Waals surface area contributed by atoms with Crippen LogP contribution >= 0.6 is 11.6 Å². The van der Waals surface area contributed by atoms with E-state index in [0.29, 0.717) is 49.1 Å². The molecule has 2 aromatic rings. The fourth-order valence-corrected chi connectivity index (χ4v) is 3.14. The number of rotatable bonds is 4. The van der Waals surface area contributed by atoms with Crippen LogP contribution in [0, 0.1) is 5.82 Å². The summed E-state index contributed by atoms with van der Waals surface area (Å²) in [6, 6.07) is 11.6. The summed E-state index contributed by atoms with van der Waals surface area (Å²) in [7, 11) is 0. The van der Waals surface area contributed by atoms with Crippen molar-refractivity contribution in [3.05, 3.63) is 58.9 Å². The van der Waals surface area contributed by atoms with Gasteiger partial charge in [-0.1, -0.05) is 11.6 Å². The van der Waals surface area contributed by atoms with Crippen LogP contribution in [0.3, 0.4) is 0 Å². The SMILES string of the molecule is CCOc1ccc(C(=O)N2CCN(c3ccc(F)cc3)CC2)cc1Cl. The van der Waals surface area contributed by atoms with Gasteiger partial charge in [-0.05, 0) is 49.4 Å². The molecule has 1 aliphatic heterocycles. The monoisotopic (exact) mass is 362 g/mol. The molecule has 0 radical (unpaired) electrons. The quantitative estimate of drug-likeness (QED) is 0.828. The number of benzene rings is 2. The second kappa shape index (κ2) is 7.74. The predicted octanol–water partition coefficient (Wildman–Crippen LogP) is 3.84. The van der Waals surface area contributed by atoms with E-state index < -0.39 is 0 Å². The van der Waals surface area contributed by atoms with Crippen molar-refractivity contribution < 1.29 is 13.9 Å². The molecule has 6 heteroatoms. The summed E-state index contributed by atoms with van der Waals surface area (Å²) in [6.07, 6.45) is 0. The molecule has 0 N–H and O–H groups in total. The summed E-state index contributed by atoms with van der Waals surface area (Å²) in [5.41, 5.74) is 1.53. The van der Waals surface area contributed by atoms with Crippen molar-refractivity contribution in [3.63, 3.8) is 0 Å². The van der Waals surface area contributed by atoms with Gasteiger partial charge in [-0.2, -0.15) is 0 Å². The molecule has 1 saturated heterocycles. The number of halogens is 2. The minimum Gasteiger partial charge on any atom is -0.492 e. The molecule has 25 heavy (non-hydrogen) atoms. The van der Waals surface area contributed by atoms with E-state index in [0.717, 1.165) is 5.69 Å². The fraction of sp³-hybridized carbons (Fsp3) is 0.316. The Hall–Kier alpha value is -2.27. The van der Waals surface area contributed by atoms with E-state index in [9.17, 15) is 9.18 Å². The van der Waals surface area contributed by atoms with Gasteiger partial charge in [0.05, 0.1) is 11.6 Å². The zero-order valence-electron chi connectivity index (χ0n) is 14.0. The molecule has 1 heterocycles. The Balaban J connectivity index is 1.63. The lowest BCUT2D eigenvalue weighted by molar-refractivity contribution is 0.0747. The first-order valence-corrected chi connectivity index (χ1v) is 8.68. The van der Waals surface area contributed by atoms with Crippen molar-refractivity contribution in [1.82, 2.24) is 4.90 Å². The van der Waals surface area contributed by atoms with Gasteiger partial charge >= 0.3 is 0 Å². The third kappa shape index (κ3) is 4.04. The Morgan fingerprint density at radius 2 is 1.80 bits per heavy atom. The lowest BCUT2D eigenvalue weighted by Crippen LogP contribution is -2.48. The first-order valence-electron chi connectivity index (χ1n) is 8.30. The molecule has 0 bridgehead atoms. The van der Waals surface area contributed by atoms with E-state index >= 15 is 0 Å². The van der Waals surface area contributed by atoms with Crippen LogP contribution in [-0.4, -0.2) is 43.6 Å². The van der Waals surface area contributed by atoms with E-state index in [-0.39, 0.29) is 11.7 Å². The Labute approximate surface area is 151 Å². The van der Waals surface area contributed by atoms with Gasteiger partial charge in [0.2, 0.25) is 0 Å². The van der Waals surface area contributed by atoms with Crippen molar-refractivity contribution in [2.24, 2.45) is 0 Å². The van der Waals surface area contributed by atoms with Crippen LogP contribution in [0.1, 0.15) is 17.3 Å². The molecule has 1 fully saturated rings. The third-order valence-electron chi connectivity index (χ3n) is 4.24. The zero-order chi connectivity index (χ0) is 17.8. The maximum atomic E-state index is 13.0. The average molecular weight is 363 g/mol. The normalized spacial score (nSPS) is 14.5. The van der Waals surface area contributed by atoms with Gasteiger partial charge in [-0.3, -0.25) is 4.79 Å². The summed E-state index contributed by atoms with van der Waals surface area (Å²) in [5, 5.41) is 0.442. The van der Waals surface area contributed by atoms with E-state index in [2.05, 4.69) is 4.90 Å². The highest BCUT2D eigenvalue weighted by Gasteiger charge is 2.23. The second-order valence-corrected chi connectivity index (χ2v) is 6.24. The largest absolute Gasteiger partial charge is 0.492 e. The summed E-state index contributed by atoms with van der Waals surface area (Å²) in [4.78, 5) is 16.6. The van der Waals surface area contributed by atoms with E-state index in [1.165, 1.54) is 12.1 Å². The highest BCUT2D eigenvalue weighted by atomic mass is 35.5. The number of amides is 1. The molecule has 0 atom stereocenters. The van der Waals surface area contributed by atoms with E-state index in [1.807, 2.05) is 11.8 Å². The number of piperazine rings is 1. The van der Waals surface area contributed by atoms with Crippen LogP contribution in [0.15, 0.2) is 42.5 Å². The Morgan fingerprint density at radius 1 is 1.12 bits per heavy atom. The lowest BCUT2D eigenvalue weighted by atomic mass is 10.1. The highest BCUT2D eigenvalue weighted by Crippen LogP contribution is 2.26. The van der Waals surface area contributed by atoms with E-state index in [4.69, 9.17) is 16.3 Å². The molecule has 3 rings (SSSR count). The van der Waals surface area contributed by atoms with Gasteiger partial charge < -0.3 is 14.5 Å². The average Bonchev–Trinajstić information content (AvgIpc) is 2.64. The first kappa shape index (κ1) is 17.5. The Kier molecular flexibility index (Phi) is 5.43. The van der Waals surface area contributed by atoms with Gasteiger partial charge in [0.1, 0.15) is 11.6 Å². The predicted molar refractivity (Wildman–Crippen MR) is 97.1 cm³/mol. The molecule has 0 saturated carbocycles. The van der Waals surface area contributed by atoms with Crippen molar-refractivity contribution in [1.29, 1.82) is 0 Å². The maximum Gasteiger partial charge on any atom is 0.254 e. The smallest absolute Gasteiger partial charge is 0.254 e.